The molecule has 0 radical (unpaired) electrons. The van der Waals surface area contributed by atoms with Gasteiger partial charge in [0.1, 0.15) is 5.69 Å². The van der Waals surface area contributed by atoms with Crippen LogP contribution in [-0.4, -0.2) is 16.5 Å². The molecule has 1 aromatic heterocycles. The Hall–Kier alpha value is -3.11. The molecule has 0 saturated heterocycles. The smallest absolute Gasteiger partial charge is 0.257 e. The van der Waals surface area contributed by atoms with Crippen LogP contribution in [0.2, 0.25) is 0 Å². The van der Waals surface area contributed by atoms with Gasteiger partial charge in [0, 0.05) is 16.7 Å². The van der Waals surface area contributed by atoms with Crippen molar-refractivity contribution in [1.29, 1.82) is 0 Å². The van der Waals surface area contributed by atoms with Gasteiger partial charge in [0.05, 0.1) is 5.75 Å². The number of carbonyl (C=O) groups excluding carboxylic acids is 1. The first-order valence-electron chi connectivity index (χ1n) is 9.05. The Morgan fingerprint density at radius 1 is 0.857 bits per heavy atom. The summed E-state index contributed by atoms with van der Waals surface area (Å²) in [6, 6.07) is 27.5. The Balaban J connectivity index is 1.60. The van der Waals surface area contributed by atoms with E-state index in [-0.39, 0.29) is 11.5 Å². The second-order valence-corrected chi connectivity index (χ2v) is 7.39. The van der Waals surface area contributed by atoms with Crippen molar-refractivity contribution < 1.29 is 9.21 Å². The van der Waals surface area contributed by atoms with E-state index in [1.165, 1.54) is 11.8 Å². The molecule has 0 fully saturated rings. The Bertz CT molecular complexity index is 1010. The van der Waals surface area contributed by atoms with Crippen LogP contribution in [0.15, 0.2) is 94.6 Å². The molecule has 138 valence electrons. The lowest BCUT2D eigenvalue weighted by molar-refractivity contribution is 0.102. The first kappa shape index (κ1) is 18.3. The maximum atomic E-state index is 12.5. The highest BCUT2D eigenvalue weighted by Gasteiger charge is 2.18. The Labute approximate surface area is 168 Å². The zero-order chi connectivity index (χ0) is 19.3. The molecule has 0 unspecified atom stereocenters. The number of nitrogens with zero attached hydrogens (tertiary/aromatic N) is 1. The highest BCUT2D eigenvalue weighted by atomic mass is 32.2. The number of ketones is 1. The van der Waals surface area contributed by atoms with E-state index >= 15 is 0 Å². The van der Waals surface area contributed by atoms with Crippen LogP contribution in [0.5, 0.6) is 0 Å². The third kappa shape index (κ3) is 4.07. The number of rotatable bonds is 6. The molecule has 3 nitrogen and oxygen atoms in total. The fraction of sp³-hybridized carbons (Fsp3) is 0.0833. The average Bonchev–Trinajstić information content (AvgIpc) is 3.18. The number of oxazole rings is 1. The topological polar surface area (TPSA) is 43.1 Å². The average molecular weight is 385 g/mol. The fourth-order valence-corrected chi connectivity index (χ4v) is 3.61. The zero-order valence-corrected chi connectivity index (χ0v) is 16.3. The Kier molecular flexibility index (Phi) is 5.40. The predicted molar refractivity (Wildman–Crippen MR) is 114 cm³/mol. The van der Waals surface area contributed by atoms with Gasteiger partial charge in [-0.25, -0.2) is 4.98 Å². The Morgan fingerprint density at radius 3 is 2.11 bits per heavy atom. The summed E-state index contributed by atoms with van der Waals surface area (Å²) < 4.78 is 6.06. The standard InChI is InChI=1S/C24H19NO2S/c1-17-12-14-18(15-13-17)21(26)16-28-24-25-22(19-8-4-2-5-9-19)23(27-24)20-10-6-3-7-11-20/h2-15H,16H2,1H3. The van der Waals surface area contributed by atoms with E-state index in [0.717, 1.165) is 28.1 Å². The summed E-state index contributed by atoms with van der Waals surface area (Å²) >= 11 is 1.32. The molecule has 4 rings (SSSR count). The van der Waals surface area contributed by atoms with Gasteiger partial charge in [-0.2, -0.15) is 0 Å². The third-order valence-corrected chi connectivity index (χ3v) is 5.22. The summed E-state index contributed by atoms with van der Waals surface area (Å²) in [6.45, 7) is 2.01. The van der Waals surface area contributed by atoms with E-state index in [1.807, 2.05) is 91.9 Å². The number of hydrogen-bond acceptors (Lipinski definition) is 4. The van der Waals surface area contributed by atoms with Crippen molar-refractivity contribution in [3.8, 4) is 22.6 Å². The molecule has 3 aromatic carbocycles. The van der Waals surface area contributed by atoms with E-state index in [4.69, 9.17) is 4.42 Å². The predicted octanol–water partition coefficient (Wildman–Crippen LogP) is 6.29. The van der Waals surface area contributed by atoms with E-state index < -0.39 is 0 Å². The van der Waals surface area contributed by atoms with E-state index in [1.54, 1.807) is 0 Å². The van der Waals surface area contributed by atoms with Gasteiger partial charge in [0.15, 0.2) is 11.5 Å². The minimum atomic E-state index is 0.0609. The molecule has 0 aliphatic heterocycles. The van der Waals surface area contributed by atoms with Crippen molar-refractivity contribution in [3.05, 3.63) is 96.1 Å². The van der Waals surface area contributed by atoms with Crippen LogP contribution in [0.4, 0.5) is 0 Å². The maximum Gasteiger partial charge on any atom is 0.257 e. The monoisotopic (exact) mass is 385 g/mol. The van der Waals surface area contributed by atoms with Crippen molar-refractivity contribution in [2.24, 2.45) is 0 Å². The first-order chi connectivity index (χ1) is 13.7. The van der Waals surface area contributed by atoms with Gasteiger partial charge < -0.3 is 4.42 Å². The molecular formula is C24H19NO2S. The number of aromatic nitrogens is 1. The molecule has 0 amide bonds. The van der Waals surface area contributed by atoms with Gasteiger partial charge in [-0.3, -0.25) is 4.79 Å². The number of carbonyl (C=O) groups is 1. The van der Waals surface area contributed by atoms with Crippen molar-refractivity contribution in [3.63, 3.8) is 0 Å². The number of thioether (sulfide) groups is 1. The van der Waals surface area contributed by atoms with Gasteiger partial charge in [-0.15, -0.1) is 0 Å². The van der Waals surface area contributed by atoms with Crippen LogP contribution in [0.1, 0.15) is 15.9 Å². The molecular weight excluding hydrogens is 366 g/mol. The number of hydrogen-bond donors (Lipinski definition) is 0. The van der Waals surface area contributed by atoms with E-state index in [2.05, 4.69) is 4.98 Å². The number of benzene rings is 3. The summed E-state index contributed by atoms with van der Waals surface area (Å²) in [6.07, 6.45) is 0. The first-order valence-corrected chi connectivity index (χ1v) is 10.0. The molecule has 4 aromatic rings. The van der Waals surface area contributed by atoms with Crippen LogP contribution in [0.3, 0.4) is 0 Å². The van der Waals surface area contributed by atoms with Crippen LogP contribution in [-0.2, 0) is 0 Å². The van der Waals surface area contributed by atoms with Crippen LogP contribution in [0.25, 0.3) is 22.6 Å². The van der Waals surface area contributed by atoms with E-state index in [0.29, 0.717) is 10.8 Å². The maximum absolute atomic E-state index is 12.5. The lowest BCUT2D eigenvalue weighted by Gasteiger charge is -2.00. The molecule has 0 aliphatic carbocycles. The fourth-order valence-electron chi connectivity index (χ4n) is 2.89. The summed E-state index contributed by atoms with van der Waals surface area (Å²) in [5, 5.41) is 0.498. The molecule has 0 bridgehead atoms. The minimum Gasteiger partial charge on any atom is -0.431 e. The molecule has 0 spiro atoms. The van der Waals surface area contributed by atoms with Gasteiger partial charge in [-0.1, -0.05) is 102 Å². The lowest BCUT2D eigenvalue weighted by atomic mass is 10.1. The SMILES string of the molecule is Cc1ccc(C(=O)CSc2nc(-c3ccccc3)c(-c3ccccc3)o2)cc1. The van der Waals surface area contributed by atoms with E-state index in [9.17, 15) is 4.79 Å². The summed E-state index contributed by atoms with van der Waals surface area (Å²) in [5.41, 5.74) is 4.58. The second-order valence-electron chi connectivity index (χ2n) is 6.47. The van der Waals surface area contributed by atoms with Gasteiger partial charge in [-0.05, 0) is 6.92 Å². The van der Waals surface area contributed by atoms with Crippen molar-refractivity contribution >= 4 is 17.5 Å². The lowest BCUT2D eigenvalue weighted by Crippen LogP contribution is -2.02. The van der Waals surface area contributed by atoms with Crippen molar-refractivity contribution in [1.82, 2.24) is 4.98 Å². The van der Waals surface area contributed by atoms with Gasteiger partial charge >= 0.3 is 0 Å². The quantitative estimate of drug-likeness (QED) is 0.289. The number of aryl methyl sites for hydroxylation is 1. The van der Waals surface area contributed by atoms with Crippen molar-refractivity contribution in [2.75, 3.05) is 5.75 Å². The molecule has 0 N–H and O–H groups in total. The molecule has 0 saturated carbocycles. The van der Waals surface area contributed by atoms with Crippen LogP contribution < -0.4 is 0 Å². The van der Waals surface area contributed by atoms with Crippen LogP contribution in [0, 0.1) is 6.92 Å². The summed E-state index contributed by atoms with van der Waals surface area (Å²) in [5.74, 6) is 1.06. The zero-order valence-electron chi connectivity index (χ0n) is 15.5. The van der Waals surface area contributed by atoms with Gasteiger partial charge in [0.25, 0.3) is 5.22 Å². The van der Waals surface area contributed by atoms with Crippen LogP contribution >= 0.6 is 11.8 Å². The third-order valence-electron chi connectivity index (χ3n) is 4.39. The largest absolute Gasteiger partial charge is 0.431 e. The molecule has 4 heteroatoms. The highest BCUT2D eigenvalue weighted by molar-refractivity contribution is 7.99. The molecule has 1 heterocycles. The van der Waals surface area contributed by atoms with Crippen molar-refractivity contribution in [2.45, 2.75) is 12.1 Å². The highest BCUT2D eigenvalue weighted by Crippen LogP contribution is 2.35. The normalized spacial score (nSPS) is 10.8. The summed E-state index contributed by atoms with van der Waals surface area (Å²) in [7, 11) is 0. The second kappa shape index (κ2) is 8.28. The van der Waals surface area contributed by atoms with Gasteiger partial charge in [0.2, 0.25) is 0 Å². The minimum absolute atomic E-state index is 0.0609. The number of Topliss-reactive ketones (excluding diaryl/α,β-unsaturated/α-hetero) is 1. The molecule has 0 aliphatic rings. The Morgan fingerprint density at radius 2 is 1.46 bits per heavy atom. The molecule has 0 atom stereocenters. The summed E-state index contributed by atoms with van der Waals surface area (Å²) in [4.78, 5) is 17.2. The molecule has 28 heavy (non-hydrogen) atoms.